The van der Waals surface area contributed by atoms with Gasteiger partial charge in [-0.3, -0.25) is 0 Å². The molecular formula is C16H12Rb2Y2-2. The molecular weight excluding hydrogens is 541 g/mol. The Morgan fingerprint density at radius 2 is 1.15 bits per heavy atom. The van der Waals surface area contributed by atoms with Crippen molar-refractivity contribution in [3.63, 3.8) is 0 Å². The van der Waals surface area contributed by atoms with Gasteiger partial charge < -0.3 is 0 Å². The SMILES string of the molecule is [Rb].[Rb].[Y].[Y].[c-]1ccc2ccccc2c1.[c-]1ccccc1. The van der Waals surface area contributed by atoms with E-state index >= 15 is 0 Å². The molecule has 0 saturated heterocycles. The molecule has 0 unspecified atom stereocenters. The Bertz CT molecular complexity index is 453. The Morgan fingerprint density at radius 1 is 0.550 bits per heavy atom. The van der Waals surface area contributed by atoms with Crippen molar-refractivity contribution in [3.05, 3.63) is 84.9 Å². The second kappa shape index (κ2) is 19.1. The summed E-state index contributed by atoms with van der Waals surface area (Å²) < 4.78 is 0. The Kier molecular flexibility index (Phi) is 27.2. The second-order valence-electron chi connectivity index (χ2n) is 3.35. The summed E-state index contributed by atoms with van der Waals surface area (Å²) in [5.74, 6) is 0. The summed E-state index contributed by atoms with van der Waals surface area (Å²) in [5.41, 5.74) is 0. The average Bonchev–Trinajstić information content (AvgIpc) is 2.42. The van der Waals surface area contributed by atoms with Crippen molar-refractivity contribution in [2.24, 2.45) is 0 Å². The van der Waals surface area contributed by atoms with Gasteiger partial charge >= 0.3 is 0 Å². The van der Waals surface area contributed by atoms with Crippen molar-refractivity contribution in [1.29, 1.82) is 0 Å². The van der Waals surface area contributed by atoms with E-state index in [0.717, 1.165) is 0 Å². The van der Waals surface area contributed by atoms with Gasteiger partial charge in [0.05, 0.1) is 0 Å². The van der Waals surface area contributed by atoms with Gasteiger partial charge in [0.25, 0.3) is 0 Å². The van der Waals surface area contributed by atoms with Crippen molar-refractivity contribution >= 4 is 127 Å². The largest absolute Gasteiger partial charge is 0.184 e. The normalized spacial score (nSPS) is 7.40. The van der Waals surface area contributed by atoms with Gasteiger partial charge in [-0.25, -0.2) is 0 Å². The molecule has 0 N–H and O–H groups in total. The molecule has 0 aliphatic heterocycles. The van der Waals surface area contributed by atoms with E-state index < -0.39 is 0 Å². The predicted molar refractivity (Wildman–Crippen MR) is 79.6 cm³/mol. The minimum absolute atomic E-state index is 0. The molecule has 0 aromatic heterocycles. The van der Waals surface area contributed by atoms with E-state index in [9.17, 15) is 0 Å². The fraction of sp³-hybridized carbons (Fsp3) is 0. The molecule has 4 radical (unpaired) electrons. The van der Waals surface area contributed by atoms with Crippen LogP contribution in [0, 0.1) is 12.1 Å². The number of fused-ring (bicyclic) bond motifs is 1. The van der Waals surface area contributed by atoms with Gasteiger partial charge in [-0.05, 0) is 0 Å². The third-order valence-corrected chi connectivity index (χ3v) is 2.20. The van der Waals surface area contributed by atoms with Gasteiger partial charge in [-0.15, -0.1) is 16.8 Å². The van der Waals surface area contributed by atoms with Crippen LogP contribution in [0.25, 0.3) is 10.8 Å². The summed E-state index contributed by atoms with van der Waals surface area (Å²) in [6, 6.07) is 29.8. The molecule has 20 heavy (non-hydrogen) atoms. The summed E-state index contributed by atoms with van der Waals surface area (Å²) in [6.45, 7) is 0. The smallest absolute Gasteiger partial charge is 0 e. The van der Waals surface area contributed by atoms with Crippen LogP contribution in [0.1, 0.15) is 0 Å². The van der Waals surface area contributed by atoms with E-state index in [2.05, 4.69) is 30.3 Å². The van der Waals surface area contributed by atoms with Crippen LogP contribution in [-0.4, -0.2) is 116 Å². The molecule has 0 heterocycles. The van der Waals surface area contributed by atoms with Gasteiger partial charge in [0.15, 0.2) is 0 Å². The quantitative estimate of drug-likeness (QED) is 0.375. The predicted octanol–water partition coefficient (Wildman–Crippen LogP) is 3.36. The topological polar surface area (TPSA) is 0 Å². The van der Waals surface area contributed by atoms with Crippen LogP contribution in [0.5, 0.6) is 0 Å². The van der Waals surface area contributed by atoms with E-state index in [0.29, 0.717) is 0 Å². The number of rotatable bonds is 0. The van der Waals surface area contributed by atoms with Crippen LogP contribution in [0.2, 0.25) is 0 Å². The van der Waals surface area contributed by atoms with Crippen LogP contribution in [-0.2, 0) is 65.4 Å². The third-order valence-electron chi connectivity index (χ3n) is 2.20. The molecule has 0 fully saturated rings. The zero-order valence-electron chi connectivity index (χ0n) is 12.1. The summed E-state index contributed by atoms with van der Waals surface area (Å²) in [7, 11) is 0. The molecule has 0 aliphatic rings. The minimum atomic E-state index is 0. The summed E-state index contributed by atoms with van der Waals surface area (Å²) in [4.78, 5) is 0. The Labute approximate surface area is 270 Å². The second-order valence-corrected chi connectivity index (χ2v) is 3.35. The minimum Gasteiger partial charge on any atom is -0.184 e. The van der Waals surface area contributed by atoms with Gasteiger partial charge in [0, 0.05) is 182 Å². The summed E-state index contributed by atoms with van der Waals surface area (Å²) in [5, 5.41) is 2.53. The molecule has 0 spiro atoms. The molecule has 3 aromatic rings. The van der Waals surface area contributed by atoms with Gasteiger partial charge in [-0.2, -0.15) is 60.7 Å². The molecule has 0 saturated carbocycles. The van der Waals surface area contributed by atoms with Crippen LogP contribution in [0.3, 0.4) is 0 Å². The molecule has 3 rings (SSSR count). The van der Waals surface area contributed by atoms with Crippen LogP contribution in [0.15, 0.2) is 72.8 Å². The Hall–Kier alpha value is 3.74. The first-order valence-corrected chi connectivity index (χ1v) is 5.23. The molecule has 0 atom stereocenters. The van der Waals surface area contributed by atoms with Gasteiger partial charge in [-0.1, -0.05) is 18.2 Å². The van der Waals surface area contributed by atoms with Crippen LogP contribution < -0.4 is 0 Å². The first kappa shape index (κ1) is 28.5. The number of benzene rings is 3. The maximum absolute atomic E-state index is 3.04. The fourth-order valence-electron chi connectivity index (χ4n) is 1.41. The molecule has 0 bridgehead atoms. The van der Waals surface area contributed by atoms with Gasteiger partial charge in [0.2, 0.25) is 0 Å². The molecule has 0 amide bonds. The van der Waals surface area contributed by atoms with E-state index in [1.165, 1.54) is 10.8 Å². The zero-order chi connectivity index (χ0) is 11.1. The molecule has 3 aromatic carbocycles. The van der Waals surface area contributed by atoms with Crippen molar-refractivity contribution in [2.45, 2.75) is 0 Å². The fourth-order valence-corrected chi connectivity index (χ4v) is 1.41. The standard InChI is InChI=1S/C10H7.C6H5.2Rb.2Y/c1-2-6-10-8-4-3-7-9(10)5-1;1-2-4-6-5-3-1;;;;/h1-3,5-8H;1-5H;;;;/q2*-1;;;;. The first-order chi connectivity index (χ1) is 7.97. The Balaban J connectivity index is -0.000000260. The van der Waals surface area contributed by atoms with Crippen LogP contribution >= 0.6 is 0 Å². The number of hydrogen-bond donors (Lipinski definition) is 0. The van der Waals surface area contributed by atoms with Crippen molar-refractivity contribution in [1.82, 2.24) is 0 Å². The van der Waals surface area contributed by atoms with Crippen molar-refractivity contribution in [3.8, 4) is 0 Å². The van der Waals surface area contributed by atoms with Gasteiger partial charge in [0.1, 0.15) is 0 Å². The molecule has 4 heteroatoms. The summed E-state index contributed by atoms with van der Waals surface area (Å²) in [6.07, 6.45) is 0. The maximum Gasteiger partial charge on any atom is 0 e. The maximum atomic E-state index is 3.04. The molecule has 0 nitrogen and oxygen atoms in total. The number of hydrogen-bond acceptors (Lipinski definition) is 0. The monoisotopic (exact) mass is 552 g/mol. The summed E-state index contributed by atoms with van der Waals surface area (Å²) >= 11 is 0. The van der Waals surface area contributed by atoms with E-state index in [1.807, 2.05) is 54.6 Å². The molecule has 0 aliphatic carbocycles. The van der Waals surface area contributed by atoms with E-state index in [1.54, 1.807) is 0 Å². The van der Waals surface area contributed by atoms with Crippen molar-refractivity contribution in [2.75, 3.05) is 0 Å². The van der Waals surface area contributed by atoms with Crippen LogP contribution in [0.4, 0.5) is 0 Å². The third kappa shape index (κ3) is 12.2. The molecule has 86 valence electrons. The van der Waals surface area contributed by atoms with E-state index in [-0.39, 0.29) is 182 Å². The Morgan fingerprint density at radius 3 is 1.60 bits per heavy atom. The van der Waals surface area contributed by atoms with Crippen molar-refractivity contribution < 1.29 is 65.4 Å². The first-order valence-electron chi connectivity index (χ1n) is 5.23. The van der Waals surface area contributed by atoms with E-state index in [4.69, 9.17) is 0 Å². The average molecular weight is 553 g/mol. The zero-order valence-corrected chi connectivity index (χ0v) is 27.6.